The maximum absolute atomic E-state index is 7.17. The number of rotatable bonds is 5. The highest BCUT2D eigenvalue weighted by Gasteiger charge is 2.61. The zero-order valence-corrected chi connectivity index (χ0v) is 23.9. The van der Waals surface area contributed by atoms with Gasteiger partial charge in [0.15, 0.2) is 14.1 Å². The molecule has 7 atom stereocenters. The number of fused-ring (bicyclic) bond motifs is 4. The van der Waals surface area contributed by atoms with E-state index in [-0.39, 0.29) is 10.5 Å². The molecule has 0 aromatic heterocycles. The van der Waals surface area contributed by atoms with E-state index in [0.29, 0.717) is 23.9 Å². The van der Waals surface area contributed by atoms with E-state index in [1.54, 1.807) is 11.1 Å². The predicted octanol–water partition coefficient (Wildman–Crippen LogP) is 7.74. The van der Waals surface area contributed by atoms with E-state index in [2.05, 4.69) is 60.4 Å². The van der Waals surface area contributed by atoms with Crippen LogP contribution in [-0.2, 0) is 13.9 Å². The summed E-state index contributed by atoms with van der Waals surface area (Å²) in [5.74, 6) is 2.97. The first-order valence-corrected chi connectivity index (χ1v) is 16.3. The SMILES string of the molecule is C=C[C@H]1CC2(C)C(CC[C@@H]2O[Si](C)(C)C(C)(C)C)C2C1C1=C(C[C@H]2C)CC(OC)(OC)CC1. The molecule has 3 nitrogen and oxygen atoms in total. The molecule has 4 heteroatoms. The largest absolute Gasteiger partial charge is 0.413 e. The molecule has 0 radical (unpaired) electrons. The molecule has 0 aliphatic heterocycles. The molecule has 4 unspecified atom stereocenters. The molecule has 4 aliphatic carbocycles. The van der Waals surface area contributed by atoms with Gasteiger partial charge in [-0.25, -0.2) is 0 Å². The van der Waals surface area contributed by atoms with E-state index in [1.165, 1.54) is 25.7 Å². The molecule has 0 aromatic rings. The van der Waals surface area contributed by atoms with Gasteiger partial charge in [0.2, 0.25) is 0 Å². The minimum Gasteiger partial charge on any atom is -0.413 e. The van der Waals surface area contributed by atoms with E-state index < -0.39 is 14.1 Å². The van der Waals surface area contributed by atoms with E-state index in [1.807, 2.05) is 14.2 Å². The molecule has 0 amide bonds. The van der Waals surface area contributed by atoms with Crippen molar-refractivity contribution in [3.63, 3.8) is 0 Å². The van der Waals surface area contributed by atoms with Crippen molar-refractivity contribution in [2.24, 2.45) is 35.0 Å². The Morgan fingerprint density at radius 3 is 2.36 bits per heavy atom. The highest BCUT2D eigenvalue weighted by atomic mass is 28.4. The topological polar surface area (TPSA) is 27.7 Å². The third-order valence-corrected chi connectivity index (χ3v) is 15.5. The fraction of sp³-hybridized carbons (Fsp3) is 0.862. The Balaban J connectivity index is 1.67. The fourth-order valence-corrected chi connectivity index (χ4v) is 9.55. The van der Waals surface area contributed by atoms with Crippen LogP contribution in [0.25, 0.3) is 0 Å². The van der Waals surface area contributed by atoms with Gasteiger partial charge in [0.1, 0.15) is 0 Å². The van der Waals surface area contributed by atoms with Gasteiger partial charge in [-0.3, -0.25) is 0 Å². The average Bonchev–Trinajstić information content (AvgIpc) is 3.06. The fourth-order valence-electron chi connectivity index (χ4n) is 8.10. The van der Waals surface area contributed by atoms with Crippen LogP contribution < -0.4 is 0 Å². The van der Waals surface area contributed by atoms with Crippen LogP contribution in [0.1, 0.15) is 79.6 Å². The molecular formula is C29H50O3Si. The predicted molar refractivity (Wildman–Crippen MR) is 140 cm³/mol. The lowest BCUT2D eigenvalue weighted by atomic mass is 9.48. The number of ether oxygens (including phenoxy) is 2. The summed E-state index contributed by atoms with van der Waals surface area (Å²) in [6.45, 7) is 21.5. The van der Waals surface area contributed by atoms with E-state index in [0.717, 1.165) is 31.1 Å². The van der Waals surface area contributed by atoms with Gasteiger partial charge in [-0.2, -0.15) is 0 Å². The second-order valence-electron chi connectivity index (χ2n) is 13.6. The lowest BCUT2D eigenvalue weighted by Crippen LogP contribution is -2.54. The number of hydrogen-bond donors (Lipinski definition) is 0. The molecule has 4 aliphatic rings. The Morgan fingerprint density at radius 1 is 1.12 bits per heavy atom. The van der Waals surface area contributed by atoms with Gasteiger partial charge in [-0.15, -0.1) is 6.58 Å². The maximum atomic E-state index is 7.17. The van der Waals surface area contributed by atoms with Gasteiger partial charge in [-0.1, -0.05) is 51.8 Å². The number of allylic oxidation sites excluding steroid dienone is 2. The van der Waals surface area contributed by atoms with Crippen LogP contribution in [0.4, 0.5) is 0 Å². The van der Waals surface area contributed by atoms with Gasteiger partial charge < -0.3 is 13.9 Å². The van der Waals surface area contributed by atoms with Crippen LogP contribution in [0.15, 0.2) is 23.8 Å². The van der Waals surface area contributed by atoms with E-state index in [4.69, 9.17) is 13.9 Å². The second-order valence-corrected chi connectivity index (χ2v) is 18.3. The summed E-state index contributed by atoms with van der Waals surface area (Å²) in [6, 6.07) is 0. The van der Waals surface area contributed by atoms with Crippen molar-refractivity contribution in [3.8, 4) is 0 Å². The summed E-state index contributed by atoms with van der Waals surface area (Å²) in [4.78, 5) is 0. The van der Waals surface area contributed by atoms with Crippen LogP contribution in [0.2, 0.25) is 18.1 Å². The highest BCUT2D eigenvalue weighted by molar-refractivity contribution is 6.74. The standard InChI is InChI=1S/C29H50O3Si/c1-11-20-17-28(6)23(12-13-24(28)32-33(9,10)27(3,4)5)25-19(2)16-21-18-29(30-7,31-8)15-14-22(21)26(20)25/h11,19-20,23-26H,1,12-18H2,2-10H3/t19-,20+,23?,24+,25?,26?,28?/m1/s1. The minimum absolute atomic E-state index is 0.256. The Kier molecular flexibility index (Phi) is 6.69. The molecule has 0 heterocycles. The zero-order valence-electron chi connectivity index (χ0n) is 22.9. The highest BCUT2D eigenvalue weighted by Crippen LogP contribution is 2.65. The maximum Gasteiger partial charge on any atom is 0.192 e. The molecule has 0 N–H and O–H groups in total. The molecule has 0 bridgehead atoms. The Labute approximate surface area is 204 Å². The molecule has 2 saturated carbocycles. The van der Waals surface area contributed by atoms with Gasteiger partial charge in [-0.05, 0) is 85.2 Å². The lowest BCUT2D eigenvalue weighted by molar-refractivity contribution is -0.214. The first-order valence-electron chi connectivity index (χ1n) is 13.4. The average molecular weight is 475 g/mol. The van der Waals surface area contributed by atoms with Crippen molar-refractivity contribution in [1.29, 1.82) is 0 Å². The summed E-state index contributed by atoms with van der Waals surface area (Å²) in [5, 5.41) is 0.256. The summed E-state index contributed by atoms with van der Waals surface area (Å²) in [5.41, 5.74) is 3.63. The first-order chi connectivity index (χ1) is 15.3. The summed E-state index contributed by atoms with van der Waals surface area (Å²) < 4.78 is 18.9. The second kappa shape index (κ2) is 8.60. The van der Waals surface area contributed by atoms with Crippen molar-refractivity contribution in [1.82, 2.24) is 0 Å². The third-order valence-electron chi connectivity index (χ3n) is 11.0. The monoisotopic (exact) mass is 474 g/mol. The molecule has 2 fully saturated rings. The Bertz CT molecular complexity index is 789. The molecular weight excluding hydrogens is 424 g/mol. The zero-order chi connectivity index (χ0) is 24.4. The van der Waals surface area contributed by atoms with Crippen LogP contribution in [0.5, 0.6) is 0 Å². The van der Waals surface area contributed by atoms with Crippen LogP contribution in [0.3, 0.4) is 0 Å². The molecule has 33 heavy (non-hydrogen) atoms. The van der Waals surface area contributed by atoms with Gasteiger partial charge in [0.25, 0.3) is 0 Å². The van der Waals surface area contributed by atoms with E-state index in [9.17, 15) is 0 Å². The smallest absolute Gasteiger partial charge is 0.192 e. The molecule has 4 rings (SSSR count). The van der Waals surface area contributed by atoms with Gasteiger partial charge in [0.05, 0.1) is 6.10 Å². The van der Waals surface area contributed by atoms with E-state index >= 15 is 0 Å². The van der Waals surface area contributed by atoms with Crippen molar-refractivity contribution in [3.05, 3.63) is 23.8 Å². The minimum atomic E-state index is -1.80. The Morgan fingerprint density at radius 2 is 1.79 bits per heavy atom. The van der Waals surface area contributed by atoms with Crippen LogP contribution in [0, 0.1) is 35.0 Å². The number of hydrogen-bond acceptors (Lipinski definition) is 3. The summed E-state index contributed by atoms with van der Waals surface area (Å²) in [6.07, 6.45) is 10.7. The molecule has 0 saturated heterocycles. The molecule has 0 spiro atoms. The third kappa shape index (κ3) is 4.05. The lowest BCUT2D eigenvalue weighted by Gasteiger charge is -2.58. The number of methoxy groups -OCH3 is 2. The van der Waals surface area contributed by atoms with Crippen molar-refractivity contribution in [2.45, 2.75) is 110 Å². The Hall–Kier alpha value is -0.423. The van der Waals surface area contributed by atoms with Crippen molar-refractivity contribution >= 4 is 8.32 Å². The summed E-state index contributed by atoms with van der Waals surface area (Å²) in [7, 11) is 1.82. The molecule has 188 valence electrons. The first kappa shape index (κ1) is 25.7. The van der Waals surface area contributed by atoms with Crippen molar-refractivity contribution in [2.75, 3.05) is 14.2 Å². The normalized spacial score (nSPS) is 40.8. The van der Waals surface area contributed by atoms with Crippen LogP contribution >= 0.6 is 0 Å². The molecule has 0 aromatic carbocycles. The van der Waals surface area contributed by atoms with Crippen LogP contribution in [-0.4, -0.2) is 34.4 Å². The quantitative estimate of drug-likeness (QED) is 0.232. The summed E-state index contributed by atoms with van der Waals surface area (Å²) >= 11 is 0. The van der Waals surface area contributed by atoms with Gasteiger partial charge in [0, 0.05) is 27.1 Å². The van der Waals surface area contributed by atoms with Crippen molar-refractivity contribution < 1.29 is 13.9 Å². The van der Waals surface area contributed by atoms with Gasteiger partial charge >= 0.3 is 0 Å².